The van der Waals surface area contributed by atoms with Crippen LogP contribution in [0.25, 0.3) is 0 Å². The first-order valence-electron chi connectivity index (χ1n) is 3.96. The highest BCUT2D eigenvalue weighted by Crippen LogP contribution is 2.06. The van der Waals surface area contributed by atoms with E-state index in [1.165, 1.54) is 24.2 Å². The Hall–Kier alpha value is -1.47. The molecule has 7 heteroatoms. The van der Waals surface area contributed by atoms with Gasteiger partial charge in [-0.05, 0) is 9.91 Å². The Balaban J connectivity index is 2.55. The lowest BCUT2D eigenvalue weighted by molar-refractivity contribution is -0.389. The first-order valence-corrected chi connectivity index (χ1v) is 3.96. The highest BCUT2D eigenvalue weighted by atomic mass is 16.6. The minimum Gasteiger partial charge on any atom is -0.389 e. The predicted molar refractivity (Wildman–Crippen MR) is 46.8 cm³/mol. The number of imidazole rings is 1. The first-order chi connectivity index (χ1) is 6.63. The average molecular weight is 201 g/mol. The molecule has 0 saturated carbocycles. The summed E-state index contributed by atoms with van der Waals surface area (Å²) in [4.78, 5) is 13.2. The third kappa shape index (κ3) is 2.79. The topological polar surface area (TPSA) is 90.4 Å². The number of aliphatic hydroxyl groups excluding tert-OH is 1. The van der Waals surface area contributed by atoms with Gasteiger partial charge >= 0.3 is 5.82 Å². The molecule has 0 saturated heterocycles. The molecule has 0 aliphatic carbocycles. The number of methoxy groups -OCH3 is 1. The van der Waals surface area contributed by atoms with Crippen LogP contribution in [-0.4, -0.2) is 39.4 Å². The predicted octanol–water partition coefficient (Wildman–Crippen LogP) is -0.201. The van der Waals surface area contributed by atoms with Gasteiger partial charge in [0, 0.05) is 7.11 Å². The second-order valence-corrected chi connectivity index (χ2v) is 2.79. The van der Waals surface area contributed by atoms with Crippen LogP contribution >= 0.6 is 0 Å². The largest absolute Gasteiger partial charge is 0.389 e. The van der Waals surface area contributed by atoms with Crippen molar-refractivity contribution < 1.29 is 14.8 Å². The van der Waals surface area contributed by atoms with Gasteiger partial charge in [-0.25, -0.2) is 0 Å². The van der Waals surface area contributed by atoms with Crippen LogP contribution in [0.1, 0.15) is 0 Å². The molecule has 1 rings (SSSR count). The number of rotatable bonds is 5. The van der Waals surface area contributed by atoms with Gasteiger partial charge in [0.25, 0.3) is 0 Å². The number of hydrogen-bond donors (Lipinski definition) is 1. The van der Waals surface area contributed by atoms with Crippen molar-refractivity contribution in [3.63, 3.8) is 0 Å². The molecule has 1 aromatic rings. The van der Waals surface area contributed by atoms with Gasteiger partial charge in [-0.15, -0.1) is 0 Å². The Bertz CT molecular complexity index is 312. The van der Waals surface area contributed by atoms with Crippen molar-refractivity contribution >= 4 is 5.82 Å². The maximum atomic E-state index is 10.3. The number of aromatic nitrogens is 2. The lowest BCUT2D eigenvalue weighted by Gasteiger charge is -2.07. The molecule has 0 aromatic carbocycles. The van der Waals surface area contributed by atoms with Crippen molar-refractivity contribution in [2.75, 3.05) is 13.7 Å². The van der Waals surface area contributed by atoms with Crippen molar-refractivity contribution in [2.45, 2.75) is 12.6 Å². The maximum Gasteiger partial charge on any atom is 0.381 e. The summed E-state index contributed by atoms with van der Waals surface area (Å²) in [5.74, 6) is -0.227. The van der Waals surface area contributed by atoms with Crippen LogP contribution in [0, 0.1) is 10.1 Å². The van der Waals surface area contributed by atoms with Crippen molar-refractivity contribution in [2.24, 2.45) is 0 Å². The molecule has 0 radical (unpaired) electrons. The summed E-state index contributed by atoms with van der Waals surface area (Å²) in [5, 5.41) is 19.6. The van der Waals surface area contributed by atoms with E-state index in [1.54, 1.807) is 0 Å². The summed E-state index contributed by atoms with van der Waals surface area (Å²) in [6.45, 7) is 0.417. The molecule has 0 aliphatic heterocycles. The lowest BCUT2D eigenvalue weighted by atomic mass is 10.4. The lowest BCUT2D eigenvalue weighted by Crippen LogP contribution is -2.20. The van der Waals surface area contributed by atoms with Crippen molar-refractivity contribution in [3.8, 4) is 0 Å². The van der Waals surface area contributed by atoms with E-state index in [1.807, 2.05) is 0 Å². The molecule has 1 aromatic heterocycles. The van der Waals surface area contributed by atoms with Crippen LogP contribution in [0.15, 0.2) is 12.5 Å². The van der Waals surface area contributed by atoms with Gasteiger partial charge in [-0.1, -0.05) is 0 Å². The smallest absolute Gasteiger partial charge is 0.381 e. The SMILES string of the molecule is COCC(O)Cn1cnc([N+](=O)[O-])c1. The summed E-state index contributed by atoms with van der Waals surface area (Å²) >= 11 is 0. The second-order valence-electron chi connectivity index (χ2n) is 2.79. The van der Waals surface area contributed by atoms with Crippen LogP contribution in [-0.2, 0) is 11.3 Å². The number of nitrogens with zero attached hydrogens (tertiary/aromatic N) is 3. The molecule has 0 bridgehead atoms. The van der Waals surface area contributed by atoms with Crippen LogP contribution in [0.5, 0.6) is 0 Å². The van der Waals surface area contributed by atoms with E-state index in [0.29, 0.717) is 0 Å². The van der Waals surface area contributed by atoms with E-state index < -0.39 is 11.0 Å². The summed E-state index contributed by atoms with van der Waals surface area (Å²) in [6, 6.07) is 0. The summed E-state index contributed by atoms with van der Waals surface area (Å²) < 4.78 is 6.16. The monoisotopic (exact) mass is 201 g/mol. The van der Waals surface area contributed by atoms with E-state index in [4.69, 9.17) is 4.74 Å². The van der Waals surface area contributed by atoms with Gasteiger partial charge in [-0.3, -0.25) is 0 Å². The van der Waals surface area contributed by atoms with Crippen LogP contribution in [0.2, 0.25) is 0 Å². The Morgan fingerprint density at radius 2 is 2.57 bits per heavy atom. The van der Waals surface area contributed by atoms with Gasteiger partial charge in [0.2, 0.25) is 6.33 Å². The molecule has 0 spiro atoms. The third-order valence-electron chi connectivity index (χ3n) is 1.59. The van der Waals surface area contributed by atoms with Crippen LogP contribution in [0.3, 0.4) is 0 Å². The van der Waals surface area contributed by atoms with Crippen molar-refractivity contribution in [3.05, 3.63) is 22.6 Å². The molecule has 0 aliphatic rings. The fourth-order valence-electron chi connectivity index (χ4n) is 1.03. The van der Waals surface area contributed by atoms with Crippen LogP contribution in [0.4, 0.5) is 5.82 Å². The molecule has 1 N–H and O–H groups in total. The molecule has 1 atom stereocenters. The molecule has 7 nitrogen and oxygen atoms in total. The fraction of sp³-hybridized carbons (Fsp3) is 0.571. The van der Waals surface area contributed by atoms with Crippen LogP contribution < -0.4 is 0 Å². The van der Waals surface area contributed by atoms with E-state index in [-0.39, 0.29) is 19.0 Å². The van der Waals surface area contributed by atoms with Gasteiger partial charge in [0.1, 0.15) is 6.20 Å². The van der Waals surface area contributed by atoms with E-state index in [0.717, 1.165) is 0 Å². The van der Waals surface area contributed by atoms with Crippen molar-refractivity contribution in [1.29, 1.82) is 0 Å². The van der Waals surface area contributed by atoms with E-state index in [9.17, 15) is 15.2 Å². The molecule has 78 valence electrons. The summed E-state index contributed by atoms with van der Waals surface area (Å²) in [6.07, 6.45) is 1.88. The minimum absolute atomic E-state index is 0.186. The summed E-state index contributed by atoms with van der Waals surface area (Å²) in [5.41, 5.74) is 0. The zero-order valence-corrected chi connectivity index (χ0v) is 7.66. The normalized spacial score (nSPS) is 12.7. The van der Waals surface area contributed by atoms with Gasteiger partial charge in [-0.2, -0.15) is 0 Å². The van der Waals surface area contributed by atoms with Gasteiger partial charge in [0.05, 0.1) is 19.3 Å². The first kappa shape index (κ1) is 10.6. The van der Waals surface area contributed by atoms with E-state index >= 15 is 0 Å². The van der Waals surface area contributed by atoms with Crippen molar-refractivity contribution in [1.82, 2.24) is 9.55 Å². The molecule has 0 amide bonds. The Kier molecular flexibility index (Phi) is 3.55. The molecular weight excluding hydrogens is 190 g/mol. The zero-order valence-electron chi connectivity index (χ0n) is 7.66. The molecule has 1 unspecified atom stereocenters. The highest BCUT2D eigenvalue weighted by molar-refractivity contribution is 5.12. The van der Waals surface area contributed by atoms with E-state index in [2.05, 4.69) is 4.98 Å². The average Bonchev–Trinajstić information content (AvgIpc) is 2.53. The molecule has 14 heavy (non-hydrogen) atoms. The number of hydrogen-bond acceptors (Lipinski definition) is 5. The Labute approximate surface area is 80.1 Å². The molecular formula is C7H11N3O4. The quantitative estimate of drug-likeness (QED) is 0.526. The Morgan fingerprint density at radius 3 is 3.07 bits per heavy atom. The highest BCUT2D eigenvalue weighted by Gasteiger charge is 2.12. The molecule has 1 heterocycles. The van der Waals surface area contributed by atoms with Gasteiger partial charge < -0.3 is 24.5 Å². The number of aliphatic hydroxyl groups is 1. The third-order valence-corrected chi connectivity index (χ3v) is 1.59. The number of ether oxygens (including phenoxy) is 1. The number of nitro groups is 1. The fourth-order valence-corrected chi connectivity index (χ4v) is 1.03. The molecule has 0 fully saturated rings. The standard InChI is InChI=1S/C7H11N3O4/c1-14-4-6(11)2-9-3-7(8-5-9)10(12)13/h3,5-6,11H,2,4H2,1H3. The summed E-state index contributed by atoms with van der Waals surface area (Å²) in [7, 11) is 1.47. The minimum atomic E-state index is -0.686. The Morgan fingerprint density at radius 1 is 1.86 bits per heavy atom. The maximum absolute atomic E-state index is 10.3. The zero-order chi connectivity index (χ0) is 10.6. The second kappa shape index (κ2) is 4.68. The van der Waals surface area contributed by atoms with Gasteiger partial charge in [0.15, 0.2) is 0 Å².